The number of aryl methyl sites for hydroxylation is 1. The maximum Gasteiger partial charge on any atom is 0.224 e. The molecule has 7 heteroatoms. The van der Waals surface area contributed by atoms with Crippen molar-refractivity contribution in [3.8, 4) is 16.3 Å². The molecule has 26 heavy (non-hydrogen) atoms. The molecule has 1 N–H and O–H groups in total. The smallest absolute Gasteiger partial charge is 0.224 e. The Hall–Kier alpha value is -2.80. The highest BCUT2D eigenvalue weighted by Crippen LogP contribution is 2.26. The molecule has 0 fully saturated rings. The highest BCUT2D eigenvalue weighted by atomic mass is 32.1. The van der Waals surface area contributed by atoms with E-state index in [4.69, 9.17) is 4.74 Å². The fraction of sp³-hybridized carbons (Fsp3) is 0.158. The lowest BCUT2D eigenvalue weighted by atomic mass is 10.2. The predicted molar refractivity (Wildman–Crippen MR) is 97.4 cm³/mol. The van der Waals surface area contributed by atoms with Gasteiger partial charge in [-0.15, -0.1) is 11.3 Å². The van der Waals surface area contributed by atoms with E-state index in [0.717, 1.165) is 34.1 Å². The molecular formula is C19H16F2N2O2S. The lowest BCUT2D eigenvalue weighted by Gasteiger charge is -2.05. The third-order valence-electron chi connectivity index (χ3n) is 3.70. The molecule has 1 amide bonds. The zero-order valence-corrected chi connectivity index (χ0v) is 14.8. The molecule has 0 radical (unpaired) electrons. The van der Waals surface area contributed by atoms with Crippen LogP contribution in [0.3, 0.4) is 0 Å². The van der Waals surface area contributed by atoms with Crippen LogP contribution in [0.15, 0.2) is 47.8 Å². The largest absolute Gasteiger partial charge is 0.497 e. The van der Waals surface area contributed by atoms with Gasteiger partial charge in [0.05, 0.1) is 18.5 Å². The Morgan fingerprint density at radius 1 is 1.19 bits per heavy atom. The third kappa shape index (κ3) is 4.43. The van der Waals surface area contributed by atoms with Gasteiger partial charge in [-0.3, -0.25) is 4.79 Å². The van der Waals surface area contributed by atoms with E-state index in [1.807, 2.05) is 29.6 Å². The van der Waals surface area contributed by atoms with Gasteiger partial charge in [0, 0.05) is 23.4 Å². The molecule has 0 aliphatic carbocycles. The summed E-state index contributed by atoms with van der Waals surface area (Å²) in [4.78, 5) is 16.5. The number of thiazole rings is 1. The van der Waals surface area contributed by atoms with Crippen LogP contribution in [-0.4, -0.2) is 18.0 Å². The normalized spacial score (nSPS) is 10.6. The highest BCUT2D eigenvalue weighted by molar-refractivity contribution is 7.13. The Bertz CT molecular complexity index is 910. The number of carbonyl (C=O) groups is 1. The molecular weight excluding hydrogens is 358 g/mol. The standard InChI is InChI=1S/C19H16F2N2O2S/c1-25-15-6-2-12(3-7-15)19-22-14(11-26-19)5-9-18(24)23-17-8-4-13(20)10-16(17)21/h2-4,6-8,10-11H,5,9H2,1H3,(H,23,24). The number of rotatable bonds is 6. The Morgan fingerprint density at radius 3 is 2.65 bits per heavy atom. The van der Waals surface area contributed by atoms with Crippen molar-refractivity contribution in [1.82, 2.24) is 4.98 Å². The van der Waals surface area contributed by atoms with Crippen molar-refractivity contribution in [2.45, 2.75) is 12.8 Å². The number of carbonyl (C=O) groups excluding carboxylic acids is 1. The first kappa shape index (κ1) is 18.0. The van der Waals surface area contributed by atoms with Crippen LogP contribution >= 0.6 is 11.3 Å². The zero-order chi connectivity index (χ0) is 18.5. The van der Waals surface area contributed by atoms with Crippen molar-refractivity contribution in [1.29, 1.82) is 0 Å². The molecule has 0 aliphatic rings. The van der Waals surface area contributed by atoms with Gasteiger partial charge in [-0.05, 0) is 42.8 Å². The zero-order valence-electron chi connectivity index (χ0n) is 14.0. The van der Waals surface area contributed by atoms with Crippen LogP contribution in [0.5, 0.6) is 5.75 Å². The van der Waals surface area contributed by atoms with Crippen molar-refractivity contribution in [3.63, 3.8) is 0 Å². The molecule has 0 aliphatic heterocycles. The fourth-order valence-corrected chi connectivity index (χ4v) is 3.19. The summed E-state index contributed by atoms with van der Waals surface area (Å²) < 4.78 is 31.5. The number of hydrogen-bond acceptors (Lipinski definition) is 4. The molecule has 0 unspecified atom stereocenters. The molecule has 134 valence electrons. The molecule has 0 saturated carbocycles. The van der Waals surface area contributed by atoms with Gasteiger partial charge in [0.25, 0.3) is 0 Å². The summed E-state index contributed by atoms with van der Waals surface area (Å²) in [5.74, 6) is -1.06. The number of ether oxygens (including phenoxy) is 1. The van der Waals surface area contributed by atoms with Crippen molar-refractivity contribution in [2.75, 3.05) is 12.4 Å². The Balaban J connectivity index is 1.58. The fourth-order valence-electron chi connectivity index (χ4n) is 2.33. The molecule has 0 saturated heterocycles. The predicted octanol–water partition coefficient (Wildman–Crippen LogP) is 4.67. The number of nitrogens with zero attached hydrogens (tertiary/aromatic N) is 1. The molecule has 2 aromatic carbocycles. The summed E-state index contributed by atoms with van der Waals surface area (Å²) >= 11 is 1.49. The number of halogens is 2. The molecule has 3 aromatic rings. The summed E-state index contributed by atoms with van der Waals surface area (Å²) in [6, 6.07) is 10.6. The van der Waals surface area contributed by atoms with E-state index in [2.05, 4.69) is 10.3 Å². The van der Waals surface area contributed by atoms with Crippen molar-refractivity contribution in [3.05, 3.63) is 65.2 Å². The minimum Gasteiger partial charge on any atom is -0.497 e. The lowest BCUT2D eigenvalue weighted by molar-refractivity contribution is -0.116. The minimum absolute atomic E-state index is 0.0337. The maximum absolute atomic E-state index is 13.5. The summed E-state index contributed by atoms with van der Waals surface area (Å²) in [7, 11) is 1.61. The van der Waals surface area contributed by atoms with Crippen LogP contribution in [0.1, 0.15) is 12.1 Å². The average Bonchev–Trinajstić information content (AvgIpc) is 3.11. The SMILES string of the molecule is COc1ccc(-c2nc(CCC(=O)Nc3ccc(F)cc3F)cs2)cc1. The van der Waals surface area contributed by atoms with Crippen LogP contribution < -0.4 is 10.1 Å². The van der Waals surface area contributed by atoms with Crippen LogP contribution in [0, 0.1) is 11.6 Å². The Labute approximate surface area is 153 Å². The average molecular weight is 374 g/mol. The maximum atomic E-state index is 13.5. The van der Waals surface area contributed by atoms with Gasteiger partial charge in [-0.1, -0.05) is 0 Å². The highest BCUT2D eigenvalue weighted by Gasteiger charge is 2.10. The van der Waals surface area contributed by atoms with Crippen LogP contribution in [0.4, 0.5) is 14.5 Å². The van der Waals surface area contributed by atoms with E-state index in [9.17, 15) is 13.6 Å². The molecule has 0 bridgehead atoms. The van der Waals surface area contributed by atoms with Gasteiger partial charge >= 0.3 is 0 Å². The number of amides is 1. The lowest BCUT2D eigenvalue weighted by Crippen LogP contribution is -2.13. The Morgan fingerprint density at radius 2 is 1.96 bits per heavy atom. The second-order valence-corrected chi connectivity index (χ2v) is 6.40. The second kappa shape index (κ2) is 8.05. The summed E-state index contributed by atoms with van der Waals surface area (Å²) in [6.07, 6.45) is 0.587. The van der Waals surface area contributed by atoms with Gasteiger partial charge < -0.3 is 10.1 Å². The van der Waals surface area contributed by atoms with Crippen molar-refractivity contribution >= 4 is 22.9 Å². The number of nitrogens with one attached hydrogen (secondary N) is 1. The number of hydrogen-bond donors (Lipinski definition) is 1. The quantitative estimate of drug-likeness (QED) is 0.682. The Kier molecular flexibility index (Phi) is 5.58. The minimum atomic E-state index is -0.797. The van der Waals surface area contributed by atoms with E-state index >= 15 is 0 Å². The first-order chi connectivity index (χ1) is 12.5. The van der Waals surface area contributed by atoms with E-state index < -0.39 is 11.6 Å². The van der Waals surface area contributed by atoms with Crippen molar-refractivity contribution < 1.29 is 18.3 Å². The van der Waals surface area contributed by atoms with E-state index in [1.165, 1.54) is 17.4 Å². The first-order valence-electron chi connectivity index (χ1n) is 7.89. The van der Waals surface area contributed by atoms with Gasteiger partial charge in [-0.25, -0.2) is 13.8 Å². The van der Waals surface area contributed by atoms with Crippen molar-refractivity contribution in [2.24, 2.45) is 0 Å². The molecule has 1 heterocycles. The van der Waals surface area contributed by atoms with Crippen LogP contribution in [0.2, 0.25) is 0 Å². The number of benzene rings is 2. The summed E-state index contributed by atoms with van der Waals surface area (Å²) in [5.41, 5.74) is 1.73. The first-order valence-corrected chi connectivity index (χ1v) is 8.77. The number of methoxy groups -OCH3 is 1. The second-order valence-electron chi connectivity index (χ2n) is 5.54. The van der Waals surface area contributed by atoms with E-state index in [-0.39, 0.29) is 18.0 Å². The van der Waals surface area contributed by atoms with E-state index in [0.29, 0.717) is 6.42 Å². The molecule has 0 atom stereocenters. The number of anilines is 1. The number of aromatic nitrogens is 1. The molecule has 0 spiro atoms. The topological polar surface area (TPSA) is 51.2 Å². The summed E-state index contributed by atoms with van der Waals surface area (Å²) in [5, 5.41) is 5.19. The third-order valence-corrected chi connectivity index (χ3v) is 4.64. The van der Waals surface area contributed by atoms with Gasteiger partial charge in [-0.2, -0.15) is 0 Å². The molecule has 3 rings (SSSR count). The summed E-state index contributed by atoms with van der Waals surface area (Å²) in [6.45, 7) is 0. The van der Waals surface area contributed by atoms with Gasteiger partial charge in [0.1, 0.15) is 22.4 Å². The molecule has 4 nitrogen and oxygen atoms in total. The van der Waals surface area contributed by atoms with E-state index in [1.54, 1.807) is 7.11 Å². The molecule has 1 aromatic heterocycles. The van der Waals surface area contributed by atoms with Gasteiger partial charge in [0.15, 0.2) is 0 Å². The van der Waals surface area contributed by atoms with Crippen LogP contribution in [0.25, 0.3) is 10.6 Å². The van der Waals surface area contributed by atoms with Gasteiger partial charge in [0.2, 0.25) is 5.91 Å². The monoisotopic (exact) mass is 374 g/mol. The van der Waals surface area contributed by atoms with Crippen LogP contribution in [-0.2, 0) is 11.2 Å².